The second-order valence-corrected chi connectivity index (χ2v) is 7.72. The summed E-state index contributed by atoms with van der Waals surface area (Å²) in [6.45, 7) is 3.72. The minimum absolute atomic E-state index is 0. The zero-order valence-electron chi connectivity index (χ0n) is 19.0. The quantitative estimate of drug-likeness (QED) is 0.306. The van der Waals surface area contributed by atoms with Gasteiger partial charge in [-0.05, 0) is 49.7 Å². The maximum Gasteiger partial charge on any atom is 0.191 e. The molecule has 2 heterocycles. The number of nitrogens with zero attached hydrogens (tertiary/aromatic N) is 4. The molecule has 1 saturated heterocycles. The number of benzene rings is 1. The van der Waals surface area contributed by atoms with Crippen molar-refractivity contribution in [2.75, 3.05) is 52.8 Å². The van der Waals surface area contributed by atoms with E-state index >= 15 is 0 Å². The predicted molar refractivity (Wildman–Crippen MR) is 139 cm³/mol. The van der Waals surface area contributed by atoms with Gasteiger partial charge in [0, 0.05) is 46.0 Å². The first-order valence-electron chi connectivity index (χ1n) is 10.6. The van der Waals surface area contributed by atoms with Crippen LogP contribution in [0.15, 0.2) is 47.6 Å². The molecule has 1 aromatic carbocycles. The summed E-state index contributed by atoms with van der Waals surface area (Å²) < 4.78 is 5.32. The third-order valence-corrected chi connectivity index (χ3v) is 5.51. The van der Waals surface area contributed by atoms with Crippen LogP contribution in [0.1, 0.15) is 30.0 Å². The first-order chi connectivity index (χ1) is 14.6. The molecule has 0 aliphatic carbocycles. The van der Waals surface area contributed by atoms with Crippen molar-refractivity contribution in [3.8, 4) is 5.75 Å². The maximum atomic E-state index is 5.32. The van der Waals surface area contributed by atoms with Gasteiger partial charge < -0.3 is 20.3 Å². The fourth-order valence-corrected chi connectivity index (χ4v) is 3.90. The van der Waals surface area contributed by atoms with Crippen molar-refractivity contribution in [3.63, 3.8) is 0 Å². The number of nitrogens with one attached hydrogen (secondary N) is 2. The summed E-state index contributed by atoms with van der Waals surface area (Å²) in [6, 6.07) is 12.8. The molecule has 0 spiro atoms. The molecule has 1 unspecified atom stereocenters. The molecule has 0 bridgehead atoms. The Morgan fingerprint density at radius 2 is 1.87 bits per heavy atom. The Hall–Kier alpha value is -2.07. The number of halogens is 1. The topological polar surface area (TPSA) is 65.0 Å². The molecule has 1 aliphatic heterocycles. The molecule has 2 aromatic rings. The molecular formula is C23H35IN6O. The summed E-state index contributed by atoms with van der Waals surface area (Å²) >= 11 is 0. The number of pyridine rings is 1. The van der Waals surface area contributed by atoms with Crippen LogP contribution in [-0.4, -0.2) is 63.7 Å². The number of hydrogen-bond donors (Lipinski definition) is 2. The lowest BCUT2D eigenvalue weighted by Crippen LogP contribution is -2.42. The highest BCUT2D eigenvalue weighted by Crippen LogP contribution is 2.26. The normalized spacial score (nSPS) is 15.2. The Morgan fingerprint density at radius 1 is 1.16 bits per heavy atom. The Balaban J connectivity index is 0.00000341. The third kappa shape index (κ3) is 6.96. The number of hydrogen-bond acceptors (Lipinski definition) is 5. The average molecular weight is 538 g/mol. The Kier molecular flexibility index (Phi) is 10.3. The van der Waals surface area contributed by atoms with Crippen LogP contribution in [-0.2, 0) is 6.54 Å². The number of aromatic nitrogens is 1. The van der Waals surface area contributed by atoms with E-state index in [1.807, 2.05) is 50.4 Å². The molecule has 170 valence electrons. The summed E-state index contributed by atoms with van der Waals surface area (Å²) in [5.74, 6) is 2.65. The van der Waals surface area contributed by atoms with Crippen molar-refractivity contribution in [3.05, 3.63) is 53.7 Å². The molecule has 2 N–H and O–H groups in total. The number of rotatable bonds is 8. The first-order valence-corrected chi connectivity index (χ1v) is 10.6. The number of likely N-dealkylation sites (tertiary alicyclic amines) is 1. The number of anilines is 1. The molecule has 0 amide bonds. The monoisotopic (exact) mass is 538 g/mol. The van der Waals surface area contributed by atoms with E-state index in [4.69, 9.17) is 4.74 Å². The van der Waals surface area contributed by atoms with Gasteiger partial charge in [0.05, 0.1) is 13.2 Å². The van der Waals surface area contributed by atoms with Gasteiger partial charge in [-0.15, -0.1) is 24.0 Å². The highest BCUT2D eigenvalue weighted by molar-refractivity contribution is 14.0. The minimum atomic E-state index is 0. The largest absolute Gasteiger partial charge is 0.497 e. The number of ether oxygens (including phenoxy) is 1. The Labute approximate surface area is 203 Å². The average Bonchev–Trinajstić information content (AvgIpc) is 3.31. The highest BCUT2D eigenvalue weighted by atomic mass is 127. The van der Waals surface area contributed by atoms with E-state index in [2.05, 4.69) is 43.7 Å². The van der Waals surface area contributed by atoms with Crippen LogP contribution >= 0.6 is 24.0 Å². The molecule has 1 atom stereocenters. The van der Waals surface area contributed by atoms with Gasteiger partial charge >= 0.3 is 0 Å². The predicted octanol–water partition coefficient (Wildman–Crippen LogP) is 3.28. The van der Waals surface area contributed by atoms with Gasteiger partial charge in [-0.3, -0.25) is 9.89 Å². The van der Waals surface area contributed by atoms with Crippen molar-refractivity contribution in [1.82, 2.24) is 20.5 Å². The molecule has 1 aromatic heterocycles. The maximum absolute atomic E-state index is 5.32. The van der Waals surface area contributed by atoms with Gasteiger partial charge in [0.15, 0.2) is 5.96 Å². The van der Waals surface area contributed by atoms with Crippen molar-refractivity contribution < 1.29 is 4.74 Å². The number of methoxy groups -OCH3 is 1. The summed E-state index contributed by atoms with van der Waals surface area (Å²) in [5, 5.41) is 6.95. The van der Waals surface area contributed by atoms with Gasteiger partial charge in [0.1, 0.15) is 11.6 Å². The molecular weight excluding hydrogens is 503 g/mol. The van der Waals surface area contributed by atoms with E-state index in [1.54, 1.807) is 7.11 Å². The fraction of sp³-hybridized carbons (Fsp3) is 0.478. The van der Waals surface area contributed by atoms with Crippen LogP contribution in [0.4, 0.5) is 5.82 Å². The summed E-state index contributed by atoms with van der Waals surface area (Å²) in [5.41, 5.74) is 2.43. The van der Waals surface area contributed by atoms with E-state index in [0.717, 1.165) is 42.7 Å². The van der Waals surface area contributed by atoms with Crippen LogP contribution in [0.25, 0.3) is 0 Å². The van der Waals surface area contributed by atoms with Crippen molar-refractivity contribution in [2.45, 2.75) is 25.4 Å². The van der Waals surface area contributed by atoms with E-state index in [0.29, 0.717) is 12.6 Å². The van der Waals surface area contributed by atoms with Gasteiger partial charge in [0.2, 0.25) is 0 Å². The molecule has 0 saturated carbocycles. The summed E-state index contributed by atoms with van der Waals surface area (Å²) in [4.78, 5) is 13.5. The van der Waals surface area contributed by atoms with Crippen LogP contribution in [0.3, 0.4) is 0 Å². The molecule has 31 heavy (non-hydrogen) atoms. The van der Waals surface area contributed by atoms with E-state index in [1.165, 1.54) is 18.4 Å². The summed E-state index contributed by atoms with van der Waals surface area (Å²) in [7, 11) is 7.53. The minimum Gasteiger partial charge on any atom is -0.497 e. The van der Waals surface area contributed by atoms with E-state index < -0.39 is 0 Å². The van der Waals surface area contributed by atoms with Crippen LogP contribution in [0, 0.1) is 0 Å². The lowest BCUT2D eigenvalue weighted by Gasteiger charge is -2.29. The van der Waals surface area contributed by atoms with Crippen molar-refractivity contribution in [2.24, 2.45) is 4.99 Å². The fourth-order valence-electron chi connectivity index (χ4n) is 3.90. The lowest BCUT2D eigenvalue weighted by atomic mass is 10.1. The molecule has 3 rings (SSSR count). The molecule has 8 heteroatoms. The lowest BCUT2D eigenvalue weighted by molar-refractivity contribution is 0.245. The van der Waals surface area contributed by atoms with Gasteiger partial charge in [-0.2, -0.15) is 0 Å². The molecule has 1 fully saturated rings. The van der Waals surface area contributed by atoms with Crippen LogP contribution in [0.5, 0.6) is 5.75 Å². The summed E-state index contributed by atoms with van der Waals surface area (Å²) in [6.07, 6.45) is 4.34. The van der Waals surface area contributed by atoms with E-state index in [9.17, 15) is 0 Å². The number of aliphatic imine (C=N–C) groups is 1. The molecule has 0 radical (unpaired) electrons. The third-order valence-electron chi connectivity index (χ3n) is 5.51. The van der Waals surface area contributed by atoms with Crippen LogP contribution in [0.2, 0.25) is 0 Å². The Bertz CT molecular complexity index is 821. The second kappa shape index (κ2) is 12.7. The SMILES string of the molecule is CN=C(NCc1cccnc1N(C)C)NCC(c1ccc(OC)cc1)N1CCCC1.I. The van der Waals surface area contributed by atoms with Crippen LogP contribution < -0.4 is 20.3 Å². The highest BCUT2D eigenvalue weighted by Gasteiger charge is 2.23. The second-order valence-electron chi connectivity index (χ2n) is 7.72. The molecule has 7 nitrogen and oxygen atoms in total. The standard InChI is InChI=1S/C23H34N6O.HI/c1-24-23(26-16-19-8-7-13-25-22(19)28(2)3)27-17-21(29-14-5-6-15-29)18-9-11-20(30-4)12-10-18;/h7-13,21H,5-6,14-17H2,1-4H3,(H2,24,26,27);1H. The first kappa shape index (κ1) is 25.2. The zero-order valence-corrected chi connectivity index (χ0v) is 21.3. The number of guanidine groups is 1. The molecule has 1 aliphatic rings. The van der Waals surface area contributed by atoms with Gasteiger partial charge in [0.25, 0.3) is 0 Å². The van der Waals surface area contributed by atoms with E-state index in [-0.39, 0.29) is 24.0 Å². The van der Waals surface area contributed by atoms with Crippen molar-refractivity contribution >= 4 is 35.8 Å². The van der Waals surface area contributed by atoms with Gasteiger partial charge in [-0.25, -0.2) is 4.98 Å². The Morgan fingerprint density at radius 3 is 2.48 bits per heavy atom. The zero-order chi connectivity index (χ0) is 21.3. The van der Waals surface area contributed by atoms with Gasteiger partial charge in [-0.1, -0.05) is 18.2 Å². The van der Waals surface area contributed by atoms with Crippen molar-refractivity contribution in [1.29, 1.82) is 0 Å². The smallest absolute Gasteiger partial charge is 0.191 e.